The second-order valence-corrected chi connectivity index (χ2v) is 6.40. The van der Waals surface area contributed by atoms with Crippen molar-refractivity contribution in [3.63, 3.8) is 0 Å². The van der Waals surface area contributed by atoms with Crippen molar-refractivity contribution in [3.05, 3.63) is 35.4 Å². The first kappa shape index (κ1) is 15.2. The lowest BCUT2D eigenvalue weighted by Crippen LogP contribution is -2.39. The van der Waals surface area contributed by atoms with E-state index in [1.807, 2.05) is 36.0 Å². The zero-order valence-corrected chi connectivity index (χ0v) is 12.4. The molecule has 1 atom stereocenters. The Bertz CT molecular complexity index is 416. The van der Waals surface area contributed by atoms with Crippen LogP contribution in [0.1, 0.15) is 24.0 Å². The number of amides is 2. The molecule has 1 aromatic rings. The Hall–Kier alpha value is -1.20. The van der Waals surface area contributed by atoms with Crippen LogP contribution >= 0.6 is 11.8 Å². The first-order valence-corrected chi connectivity index (χ1v) is 8.15. The van der Waals surface area contributed by atoms with Crippen LogP contribution in [-0.4, -0.2) is 35.2 Å². The summed E-state index contributed by atoms with van der Waals surface area (Å²) in [6.07, 6.45) is 3.28. The first-order valence-electron chi connectivity index (χ1n) is 7.10. The fourth-order valence-electron chi connectivity index (χ4n) is 2.21. The highest BCUT2D eigenvalue weighted by atomic mass is 32.2. The lowest BCUT2D eigenvalue weighted by molar-refractivity contribution is 0.241. The Morgan fingerprint density at radius 3 is 2.65 bits per heavy atom. The lowest BCUT2D eigenvalue weighted by Gasteiger charge is -2.11. The van der Waals surface area contributed by atoms with Gasteiger partial charge in [-0.3, -0.25) is 0 Å². The molecule has 0 radical (unpaired) electrons. The van der Waals surface area contributed by atoms with Crippen molar-refractivity contribution in [2.24, 2.45) is 0 Å². The van der Waals surface area contributed by atoms with Crippen LogP contribution in [0.5, 0.6) is 0 Å². The Kier molecular flexibility index (Phi) is 6.21. The molecule has 2 rings (SSSR count). The fraction of sp³-hybridized carbons (Fsp3) is 0.533. The number of benzene rings is 1. The van der Waals surface area contributed by atoms with Gasteiger partial charge in [0.2, 0.25) is 0 Å². The summed E-state index contributed by atoms with van der Waals surface area (Å²) in [4.78, 5) is 11.6. The van der Waals surface area contributed by atoms with Crippen LogP contribution in [0.4, 0.5) is 4.79 Å². The third-order valence-corrected chi connectivity index (χ3v) is 4.82. The molecule has 1 aliphatic rings. The second kappa shape index (κ2) is 8.17. The van der Waals surface area contributed by atoms with E-state index in [2.05, 4.69) is 10.6 Å². The normalized spacial score (nSPS) is 17.9. The molecule has 110 valence electrons. The largest absolute Gasteiger partial charge is 0.392 e. The van der Waals surface area contributed by atoms with Gasteiger partial charge in [-0.15, -0.1) is 0 Å². The molecule has 2 amide bonds. The summed E-state index contributed by atoms with van der Waals surface area (Å²) in [6, 6.07) is 7.71. The topological polar surface area (TPSA) is 61.4 Å². The van der Waals surface area contributed by atoms with Gasteiger partial charge in [0.15, 0.2) is 0 Å². The van der Waals surface area contributed by atoms with E-state index < -0.39 is 0 Å². The molecule has 0 aliphatic carbocycles. The molecule has 1 unspecified atom stereocenters. The minimum absolute atomic E-state index is 0.0696. The van der Waals surface area contributed by atoms with Gasteiger partial charge in [-0.25, -0.2) is 4.79 Å². The smallest absolute Gasteiger partial charge is 0.314 e. The average molecular weight is 294 g/mol. The summed E-state index contributed by atoms with van der Waals surface area (Å²) in [7, 11) is 0. The number of hydrogen-bond acceptors (Lipinski definition) is 3. The maximum Gasteiger partial charge on any atom is 0.314 e. The second-order valence-electron chi connectivity index (χ2n) is 5.00. The van der Waals surface area contributed by atoms with Crippen molar-refractivity contribution in [1.82, 2.24) is 10.6 Å². The zero-order valence-electron chi connectivity index (χ0n) is 11.6. The minimum atomic E-state index is -0.0792. The summed E-state index contributed by atoms with van der Waals surface area (Å²) < 4.78 is 0. The van der Waals surface area contributed by atoms with E-state index in [1.165, 1.54) is 18.6 Å². The number of rotatable bonds is 6. The molecule has 3 N–H and O–H groups in total. The molecule has 1 heterocycles. The van der Waals surface area contributed by atoms with Gasteiger partial charge in [0, 0.05) is 18.3 Å². The van der Waals surface area contributed by atoms with E-state index in [4.69, 9.17) is 5.11 Å². The summed E-state index contributed by atoms with van der Waals surface area (Å²) in [5.41, 5.74) is 2.07. The SMILES string of the molecule is O=C(NCCc1ccc(CO)cc1)NCC1CCCS1. The van der Waals surface area contributed by atoms with Gasteiger partial charge in [0.05, 0.1) is 6.61 Å². The summed E-state index contributed by atoms with van der Waals surface area (Å²) >= 11 is 1.95. The van der Waals surface area contributed by atoms with Crippen molar-refractivity contribution in [2.45, 2.75) is 31.1 Å². The molecular formula is C15H22N2O2S. The predicted octanol–water partition coefficient (Wildman–Crippen LogP) is 1.92. The van der Waals surface area contributed by atoms with Gasteiger partial charge >= 0.3 is 6.03 Å². The van der Waals surface area contributed by atoms with Crippen molar-refractivity contribution >= 4 is 17.8 Å². The Labute approximate surface area is 124 Å². The zero-order chi connectivity index (χ0) is 14.2. The van der Waals surface area contributed by atoms with Crippen LogP contribution in [0.3, 0.4) is 0 Å². The Morgan fingerprint density at radius 2 is 2.00 bits per heavy atom. The monoisotopic (exact) mass is 294 g/mol. The van der Waals surface area contributed by atoms with Gasteiger partial charge in [-0.05, 0) is 36.1 Å². The van der Waals surface area contributed by atoms with Gasteiger partial charge in [-0.2, -0.15) is 11.8 Å². The molecule has 0 aromatic heterocycles. The Balaban J connectivity index is 1.60. The molecule has 1 saturated heterocycles. The lowest BCUT2D eigenvalue weighted by atomic mass is 10.1. The van der Waals surface area contributed by atoms with E-state index in [0.717, 1.165) is 24.1 Å². The number of thioether (sulfide) groups is 1. The van der Waals surface area contributed by atoms with Crippen LogP contribution in [-0.2, 0) is 13.0 Å². The quantitative estimate of drug-likeness (QED) is 0.751. The summed E-state index contributed by atoms with van der Waals surface area (Å²) in [5, 5.41) is 15.3. The standard InChI is InChI=1S/C15H22N2O2S/c18-11-13-5-3-12(4-6-13)7-8-16-15(19)17-10-14-2-1-9-20-14/h3-6,14,18H,1-2,7-11H2,(H2,16,17,19). The number of carbonyl (C=O) groups is 1. The van der Waals surface area contributed by atoms with Crippen molar-refractivity contribution < 1.29 is 9.90 Å². The molecule has 1 aromatic carbocycles. The number of nitrogens with one attached hydrogen (secondary N) is 2. The van der Waals surface area contributed by atoms with Gasteiger partial charge in [0.1, 0.15) is 0 Å². The molecule has 20 heavy (non-hydrogen) atoms. The minimum Gasteiger partial charge on any atom is -0.392 e. The van der Waals surface area contributed by atoms with Crippen LogP contribution in [0.15, 0.2) is 24.3 Å². The maximum absolute atomic E-state index is 11.6. The number of hydrogen-bond donors (Lipinski definition) is 3. The van der Waals surface area contributed by atoms with E-state index in [-0.39, 0.29) is 12.6 Å². The summed E-state index contributed by atoms with van der Waals surface area (Å²) in [5.74, 6) is 1.22. The first-order chi connectivity index (χ1) is 9.78. The van der Waals surface area contributed by atoms with E-state index in [0.29, 0.717) is 11.8 Å². The van der Waals surface area contributed by atoms with Gasteiger partial charge in [0.25, 0.3) is 0 Å². The molecule has 0 bridgehead atoms. The Morgan fingerprint density at radius 1 is 1.25 bits per heavy atom. The van der Waals surface area contributed by atoms with Crippen molar-refractivity contribution in [3.8, 4) is 0 Å². The van der Waals surface area contributed by atoms with Crippen molar-refractivity contribution in [1.29, 1.82) is 0 Å². The fourth-order valence-corrected chi connectivity index (χ4v) is 3.41. The third kappa shape index (κ3) is 5.06. The molecular weight excluding hydrogens is 272 g/mol. The predicted molar refractivity (Wildman–Crippen MR) is 83.0 cm³/mol. The number of urea groups is 1. The average Bonchev–Trinajstić information content (AvgIpc) is 2.99. The molecule has 0 spiro atoms. The number of aliphatic hydroxyl groups excluding tert-OH is 1. The van der Waals surface area contributed by atoms with Crippen LogP contribution < -0.4 is 10.6 Å². The van der Waals surface area contributed by atoms with E-state index in [1.54, 1.807) is 0 Å². The highest BCUT2D eigenvalue weighted by Crippen LogP contribution is 2.25. The molecule has 1 aliphatic heterocycles. The van der Waals surface area contributed by atoms with Gasteiger partial charge in [-0.1, -0.05) is 24.3 Å². The number of carbonyl (C=O) groups excluding carboxylic acids is 1. The highest BCUT2D eigenvalue weighted by Gasteiger charge is 2.15. The van der Waals surface area contributed by atoms with Gasteiger partial charge < -0.3 is 15.7 Å². The van der Waals surface area contributed by atoms with Crippen LogP contribution in [0, 0.1) is 0 Å². The van der Waals surface area contributed by atoms with Crippen LogP contribution in [0.2, 0.25) is 0 Å². The molecule has 1 fully saturated rings. The highest BCUT2D eigenvalue weighted by molar-refractivity contribution is 8.00. The van der Waals surface area contributed by atoms with E-state index in [9.17, 15) is 4.79 Å². The maximum atomic E-state index is 11.6. The van der Waals surface area contributed by atoms with Crippen LogP contribution in [0.25, 0.3) is 0 Å². The summed E-state index contributed by atoms with van der Waals surface area (Å²) in [6.45, 7) is 1.46. The van der Waals surface area contributed by atoms with Crippen molar-refractivity contribution in [2.75, 3.05) is 18.8 Å². The molecule has 0 saturated carbocycles. The van der Waals surface area contributed by atoms with E-state index >= 15 is 0 Å². The third-order valence-electron chi connectivity index (χ3n) is 3.42. The molecule has 5 heteroatoms. The number of aliphatic hydroxyl groups is 1. The molecule has 4 nitrogen and oxygen atoms in total.